The number of rotatable bonds is 6. The van der Waals surface area contributed by atoms with Crippen molar-refractivity contribution in [1.29, 1.82) is 0 Å². The summed E-state index contributed by atoms with van der Waals surface area (Å²) in [6, 6.07) is 5.73. The molecule has 0 spiro atoms. The zero-order valence-electron chi connectivity index (χ0n) is 11.3. The standard InChI is InChI=1S/C14H22N2O2/c1-4-7-16-14(17)9-18-13-8-10(2)5-6-12(13)11(3)15/h5-6,8,11H,4,7,9,15H2,1-3H3,(H,16,17)/t11-/m1/s1. The molecule has 0 saturated carbocycles. The number of nitrogens with one attached hydrogen (secondary N) is 1. The van der Waals surface area contributed by atoms with Crippen molar-refractivity contribution in [3.63, 3.8) is 0 Å². The molecule has 0 fully saturated rings. The van der Waals surface area contributed by atoms with Crippen LogP contribution >= 0.6 is 0 Å². The number of ether oxygens (including phenoxy) is 1. The van der Waals surface area contributed by atoms with Gasteiger partial charge in [0.1, 0.15) is 5.75 Å². The Kier molecular flexibility index (Phi) is 5.65. The van der Waals surface area contributed by atoms with Crippen LogP contribution in [0.5, 0.6) is 5.75 Å². The Morgan fingerprint density at radius 1 is 1.50 bits per heavy atom. The first-order chi connectivity index (χ1) is 8.54. The quantitative estimate of drug-likeness (QED) is 0.810. The second-order valence-electron chi connectivity index (χ2n) is 4.47. The third-order valence-electron chi connectivity index (χ3n) is 2.59. The molecule has 0 aliphatic carbocycles. The van der Waals surface area contributed by atoms with Gasteiger partial charge in [0.25, 0.3) is 5.91 Å². The van der Waals surface area contributed by atoms with Crippen LogP contribution in [0.15, 0.2) is 18.2 Å². The smallest absolute Gasteiger partial charge is 0.257 e. The van der Waals surface area contributed by atoms with E-state index in [-0.39, 0.29) is 18.6 Å². The molecule has 18 heavy (non-hydrogen) atoms. The summed E-state index contributed by atoms with van der Waals surface area (Å²) < 4.78 is 5.55. The molecule has 0 saturated heterocycles. The molecule has 0 radical (unpaired) electrons. The molecule has 0 unspecified atom stereocenters. The van der Waals surface area contributed by atoms with Gasteiger partial charge >= 0.3 is 0 Å². The average Bonchev–Trinajstić information content (AvgIpc) is 2.33. The predicted octanol–water partition coefficient (Wildman–Crippen LogP) is 1.92. The van der Waals surface area contributed by atoms with Crippen molar-refractivity contribution in [1.82, 2.24) is 5.32 Å². The van der Waals surface area contributed by atoms with E-state index in [2.05, 4.69) is 5.32 Å². The van der Waals surface area contributed by atoms with Gasteiger partial charge in [0, 0.05) is 18.2 Å². The van der Waals surface area contributed by atoms with Crippen molar-refractivity contribution in [2.75, 3.05) is 13.2 Å². The Morgan fingerprint density at radius 2 is 2.22 bits per heavy atom. The summed E-state index contributed by atoms with van der Waals surface area (Å²) in [6.45, 7) is 6.60. The number of nitrogens with two attached hydrogens (primary N) is 1. The molecule has 3 N–H and O–H groups in total. The van der Waals surface area contributed by atoms with E-state index in [1.165, 1.54) is 0 Å². The summed E-state index contributed by atoms with van der Waals surface area (Å²) in [7, 11) is 0. The van der Waals surface area contributed by atoms with Gasteiger partial charge in [-0.25, -0.2) is 0 Å². The summed E-state index contributed by atoms with van der Waals surface area (Å²) in [5.41, 5.74) is 7.88. The highest BCUT2D eigenvalue weighted by Crippen LogP contribution is 2.24. The molecule has 1 aromatic rings. The Morgan fingerprint density at radius 3 is 2.83 bits per heavy atom. The first kappa shape index (κ1) is 14.5. The van der Waals surface area contributed by atoms with Gasteiger partial charge in [0.15, 0.2) is 6.61 Å². The lowest BCUT2D eigenvalue weighted by molar-refractivity contribution is -0.123. The molecule has 1 amide bonds. The van der Waals surface area contributed by atoms with E-state index >= 15 is 0 Å². The second-order valence-corrected chi connectivity index (χ2v) is 4.47. The number of carbonyl (C=O) groups excluding carboxylic acids is 1. The fraction of sp³-hybridized carbons (Fsp3) is 0.500. The molecule has 4 heteroatoms. The molecule has 1 atom stereocenters. The van der Waals surface area contributed by atoms with E-state index in [0.717, 1.165) is 17.5 Å². The van der Waals surface area contributed by atoms with Crippen LogP contribution in [0.3, 0.4) is 0 Å². The van der Waals surface area contributed by atoms with Gasteiger partial charge in [0.2, 0.25) is 0 Å². The summed E-state index contributed by atoms with van der Waals surface area (Å²) >= 11 is 0. The fourth-order valence-electron chi connectivity index (χ4n) is 1.60. The fourth-order valence-corrected chi connectivity index (χ4v) is 1.60. The van der Waals surface area contributed by atoms with E-state index in [0.29, 0.717) is 12.3 Å². The first-order valence-corrected chi connectivity index (χ1v) is 6.30. The summed E-state index contributed by atoms with van der Waals surface area (Å²) in [5, 5.41) is 2.77. The molecule has 100 valence electrons. The molecule has 1 aromatic carbocycles. The summed E-state index contributed by atoms with van der Waals surface area (Å²) in [5.74, 6) is 0.589. The lowest BCUT2D eigenvalue weighted by Gasteiger charge is -2.14. The van der Waals surface area contributed by atoms with Crippen LogP contribution in [0.1, 0.15) is 37.4 Å². The molecule has 4 nitrogen and oxygen atoms in total. The summed E-state index contributed by atoms with van der Waals surface area (Å²) in [6.07, 6.45) is 0.918. The number of carbonyl (C=O) groups is 1. The topological polar surface area (TPSA) is 64.3 Å². The normalized spacial score (nSPS) is 12.0. The summed E-state index contributed by atoms with van der Waals surface area (Å²) in [4.78, 5) is 11.5. The van der Waals surface area contributed by atoms with Crippen LogP contribution in [0.4, 0.5) is 0 Å². The molecule has 1 rings (SSSR count). The Hall–Kier alpha value is -1.55. The minimum Gasteiger partial charge on any atom is -0.483 e. The average molecular weight is 250 g/mol. The Balaban J connectivity index is 2.65. The highest BCUT2D eigenvalue weighted by Gasteiger charge is 2.10. The van der Waals surface area contributed by atoms with Crippen molar-refractivity contribution in [2.45, 2.75) is 33.2 Å². The van der Waals surface area contributed by atoms with E-state index < -0.39 is 0 Å². The number of hydrogen-bond acceptors (Lipinski definition) is 3. The van der Waals surface area contributed by atoms with Gasteiger partial charge in [0.05, 0.1) is 0 Å². The number of aryl methyl sites for hydroxylation is 1. The van der Waals surface area contributed by atoms with Crippen molar-refractivity contribution < 1.29 is 9.53 Å². The van der Waals surface area contributed by atoms with Gasteiger partial charge in [-0.2, -0.15) is 0 Å². The zero-order chi connectivity index (χ0) is 13.5. The Labute approximate surface area is 109 Å². The highest BCUT2D eigenvalue weighted by molar-refractivity contribution is 5.77. The minimum absolute atomic E-state index is 0.0309. The van der Waals surface area contributed by atoms with E-state index in [1.54, 1.807) is 0 Å². The van der Waals surface area contributed by atoms with Crippen molar-refractivity contribution >= 4 is 5.91 Å². The molecule has 0 heterocycles. The van der Waals surface area contributed by atoms with E-state index in [4.69, 9.17) is 10.5 Å². The number of benzene rings is 1. The SMILES string of the molecule is CCCNC(=O)COc1cc(C)ccc1[C@@H](C)N. The van der Waals surface area contributed by atoms with Crippen LogP contribution in [-0.2, 0) is 4.79 Å². The lowest BCUT2D eigenvalue weighted by atomic mass is 10.1. The van der Waals surface area contributed by atoms with Gasteiger partial charge in [-0.15, -0.1) is 0 Å². The molecule has 0 aliphatic heterocycles. The van der Waals surface area contributed by atoms with Crippen LogP contribution in [0, 0.1) is 6.92 Å². The van der Waals surface area contributed by atoms with Gasteiger partial charge in [-0.3, -0.25) is 4.79 Å². The van der Waals surface area contributed by atoms with Gasteiger partial charge in [-0.1, -0.05) is 19.1 Å². The van der Waals surface area contributed by atoms with Gasteiger partial charge in [-0.05, 0) is 31.9 Å². The largest absolute Gasteiger partial charge is 0.483 e. The first-order valence-electron chi connectivity index (χ1n) is 6.30. The molecule has 0 aromatic heterocycles. The van der Waals surface area contributed by atoms with Crippen molar-refractivity contribution in [2.24, 2.45) is 5.73 Å². The lowest BCUT2D eigenvalue weighted by Crippen LogP contribution is -2.29. The number of hydrogen-bond donors (Lipinski definition) is 2. The maximum atomic E-state index is 11.5. The van der Waals surface area contributed by atoms with Gasteiger partial charge < -0.3 is 15.8 Å². The third kappa shape index (κ3) is 4.37. The molecular weight excluding hydrogens is 228 g/mol. The van der Waals surface area contributed by atoms with E-state index in [1.807, 2.05) is 39.0 Å². The van der Waals surface area contributed by atoms with Crippen LogP contribution < -0.4 is 15.8 Å². The van der Waals surface area contributed by atoms with Crippen LogP contribution in [-0.4, -0.2) is 19.1 Å². The van der Waals surface area contributed by atoms with Crippen molar-refractivity contribution in [3.8, 4) is 5.75 Å². The third-order valence-corrected chi connectivity index (χ3v) is 2.59. The molecule has 0 aliphatic rings. The number of amides is 1. The zero-order valence-corrected chi connectivity index (χ0v) is 11.3. The van der Waals surface area contributed by atoms with E-state index in [9.17, 15) is 4.79 Å². The minimum atomic E-state index is -0.112. The monoisotopic (exact) mass is 250 g/mol. The highest BCUT2D eigenvalue weighted by atomic mass is 16.5. The van der Waals surface area contributed by atoms with Crippen LogP contribution in [0.25, 0.3) is 0 Å². The second kappa shape index (κ2) is 7.01. The maximum absolute atomic E-state index is 11.5. The Bertz CT molecular complexity index is 403. The molecule has 0 bridgehead atoms. The van der Waals surface area contributed by atoms with Crippen LogP contribution in [0.2, 0.25) is 0 Å². The van der Waals surface area contributed by atoms with Crippen molar-refractivity contribution in [3.05, 3.63) is 29.3 Å². The molecular formula is C14H22N2O2. The maximum Gasteiger partial charge on any atom is 0.257 e. The predicted molar refractivity (Wildman–Crippen MR) is 72.6 cm³/mol.